The van der Waals surface area contributed by atoms with Gasteiger partial charge in [0.15, 0.2) is 5.96 Å². The first-order valence-corrected chi connectivity index (χ1v) is 6.19. The first-order chi connectivity index (χ1) is 7.29. The SMILES string of the molecule is CN=C(NC)N1CCC2(CCCCC2)C1. The van der Waals surface area contributed by atoms with Gasteiger partial charge < -0.3 is 10.2 Å². The highest BCUT2D eigenvalue weighted by Crippen LogP contribution is 2.43. The molecule has 2 aliphatic rings. The number of nitrogens with one attached hydrogen (secondary N) is 1. The summed E-state index contributed by atoms with van der Waals surface area (Å²) in [6.07, 6.45) is 8.56. The van der Waals surface area contributed by atoms with Gasteiger partial charge in [0.05, 0.1) is 0 Å². The van der Waals surface area contributed by atoms with E-state index in [9.17, 15) is 0 Å². The molecule has 0 atom stereocenters. The lowest BCUT2D eigenvalue weighted by Gasteiger charge is -2.33. The molecule has 0 radical (unpaired) electrons. The predicted molar refractivity (Wildman–Crippen MR) is 64.1 cm³/mol. The molecule has 1 spiro atoms. The van der Waals surface area contributed by atoms with Crippen LogP contribution in [0.25, 0.3) is 0 Å². The quantitative estimate of drug-likeness (QED) is 0.487. The Hall–Kier alpha value is -0.730. The van der Waals surface area contributed by atoms with E-state index in [0.717, 1.165) is 5.96 Å². The lowest BCUT2D eigenvalue weighted by atomic mass is 9.73. The highest BCUT2D eigenvalue weighted by molar-refractivity contribution is 5.79. The number of nitrogens with zero attached hydrogens (tertiary/aromatic N) is 2. The maximum absolute atomic E-state index is 4.30. The molecule has 1 heterocycles. The molecule has 86 valence electrons. The number of hydrogen-bond donors (Lipinski definition) is 1. The number of likely N-dealkylation sites (tertiary alicyclic amines) is 1. The molecule has 15 heavy (non-hydrogen) atoms. The zero-order chi connectivity index (χ0) is 10.7. The molecule has 1 aliphatic heterocycles. The minimum absolute atomic E-state index is 0.630. The molecule has 0 bridgehead atoms. The standard InChI is InChI=1S/C12H23N3/c1-13-11(14-2)15-9-8-12(10-15)6-4-3-5-7-12/h3-10H2,1-2H3,(H,13,14). The van der Waals surface area contributed by atoms with Gasteiger partial charge in [0, 0.05) is 27.2 Å². The van der Waals surface area contributed by atoms with E-state index < -0.39 is 0 Å². The molecule has 0 amide bonds. The van der Waals surface area contributed by atoms with Crippen molar-refractivity contribution >= 4 is 5.96 Å². The number of hydrogen-bond acceptors (Lipinski definition) is 1. The van der Waals surface area contributed by atoms with Gasteiger partial charge in [-0.05, 0) is 24.7 Å². The van der Waals surface area contributed by atoms with Crippen LogP contribution in [0.5, 0.6) is 0 Å². The monoisotopic (exact) mass is 209 g/mol. The van der Waals surface area contributed by atoms with E-state index in [1.54, 1.807) is 0 Å². The minimum Gasteiger partial charge on any atom is -0.359 e. The summed E-state index contributed by atoms with van der Waals surface area (Å²) in [7, 11) is 3.84. The molecule has 1 aliphatic carbocycles. The van der Waals surface area contributed by atoms with Crippen LogP contribution in [0, 0.1) is 5.41 Å². The lowest BCUT2D eigenvalue weighted by molar-refractivity contribution is 0.203. The highest BCUT2D eigenvalue weighted by atomic mass is 15.3. The lowest BCUT2D eigenvalue weighted by Crippen LogP contribution is -2.39. The molecule has 0 aromatic carbocycles. The fraction of sp³-hybridized carbons (Fsp3) is 0.917. The van der Waals surface area contributed by atoms with Gasteiger partial charge in [-0.3, -0.25) is 4.99 Å². The summed E-state index contributed by atoms with van der Waals surface area (Å²) in [6.45, 7) is 2.41. The minimum atomic E-state index is 0.630. The van der Waals surface area contributed by atoms with Crippen LogP contribution in [-0.4, -0.2) is 38.0 Å². The third-order valence-electron chi connectivity index (χ3n) is 4.09. The van der Waals surface area contributed by atoms with E-state index in [1.165, 1.54) is 51.6 Å². The second-order valence-corrected chi connectivity index (χ2v) is 5.03. The van der Waals surface area contributed by atoms with Crippen molar-refractivity contribution in [2.75, 3.05) is 27.2 Å². The van der Waals surface area contributed by atoms with Crippen molar-refractivity contribution in [3.63, 3.8) is 0 Å². The summed E-state index contributed by atoms with van der Waals surface area (Å²) in [5.41, 5.74) is 0.630. The van der Waals surface area contributed by atoms with E-state index in [1.807, 2.05) is 14.1 Å². The van der Waals surface area contributed by atoms with Crippen LogP contribution in [0.4, 0.5) is 0 Å². The summed E-state index contributed by atoms with van der Waals surface area (Å²) in [6, 6.07) is 0. The van der Waals surface area contributed by atoms with E-state index in [2.05, 4.69) is 15.2 Å². The van der Waals surface area contributed by atoms with Gasteiger partial charge in [0.2, 0.25) is 0 Å². The molecule has 0 unspecified atom stereocenters. The van der Waals surface area contributed by atoms with Crippen molar-refractivity contribution < 1.29 is 0 Å². The van der Waals surface area contributed by atoms with E-state index in [4.69, 9.17) is 0 Å². The zero-order valence-corrected chi connectivity index (χ0v) is 10.1. The third kappa shape index (κ3) is 2.11. The molecule has 1 saturated carbocycles. The van der Waals surface area contributed by atoms with Crippen LogP contribution in [0.1, 0.15) is 38.5 Å². The maximum atomic E-state index is 4.30. The van der Waals surface area contributed by atoms with Crippen molar-refractivity contribution in [1.82, 2.24) is 10.2 Å². The summed E-state index contributed by atoms with van der Waals surface area (Å²) >= 11 is 0. The van der Waals surface area contributed by atoms with Crippen LogP contribution in [0.15, 0.2) is 4.99 Å². The van der Waals surface area contributed by atoms with Crippen molar-refractivity contribution in [2.24, 2.45) is 10.4 Å². The van der Waals surface area contributed by atoms with Crippen LogP contribution in [0.3, 0.4) is 0 Å². The summed E-state index contributed by atoms with van der Waals surface area (Å²) in [5, 5.41) is 3.19. The van der Waals surface area contributed by atoms with Gasteiger partial charge in [-0.25, -0.2) is 0 Å². The number of aliphatic imine (C=N–C) groups is 1. The molecular formula is C12H23N3. The zero-order valence-electron chi connectivity index (χ0n) is 10.1. The van der Waals surface area contributed by atoms with E-state index in [-0.39, 0.29) is 0 Å². The van der Waals surface area contributed by atoms with Gasteiger partial charge in [-0.15, -0.1) is 0 Å². The van der Waals surface area contributed by atoms with Gasteiger partial charge in [0.25, 0.3) is 0 Å². The molecule has 1 saturated heterocycles. The first kappa shape index (κ1) is 10.8. The Morgan fingerprint density at radius 2 is 1.93 bits per heavy atom. The average Bonchev–Trinajstić information content (AvgIpc) is 2.65. The van der Waals surface area contributed by atoms with Gasteiger partial charge in [-0.1, -0.05) is 19.3 Å². The molecule has 0 aromatic heterocycles. The Balaban J connectivity index is 1.98. The summed E-state index contributed by atoms with van der Waals surface area (Å²) < 4.78 is 0. The van der Waals surface area contributed by atoms with Crippen LogP contribution in [-0.2, 0) is 0 Å². The van der Waals surface area contributed by atoms with E-state index >= 15 is 0 Å². The second-order valence-electron chi connectivity index (χ2n) is 5.03. The van der Waals surface area contributed by atoms with Gasteiger partial charge in [0.1, 0.15) is 0 Å². The summed E-state index contributed by atoms with van der Waals surface area (Å²) in [4.78, 5) is 6.72. The fourth-order valence-corrected chi connectivity index (χ4v) is 3.24. The molecule has 3 nitrogen and oxygen atoms in total. The van der Waals surface area contributed by atoms with Crippen molar-refractivity contribution in [3.8, 4) is 0 Å². The fourth-order valence-electron chi connectivity index (χ4n) is 3.24. The average molecular weight is 209 g/mol. The second kappa shape index (κ2) is 4.42. The van der Waals surface area contributed by atoms with Gasteiger partial charge in [-0.2, -0.15) is 0 Å². The summed E-state index contributed by atoms with van der Waals surface area (Å²) in [5.74, 6) is 1.07. The number of rotatable bonds is 0. The van der Waals surface area contributed by atoms with Crippen molar-refractivity contribution in [1.29, 1.82) is 0 Å². The normalized spacial score (nSPS) is 26.0. The van der Waals surface area contributed by atoms with Crippen LogP contribution < -0.4 is 5.32 Å². The highest BCUT2D eigenvalue weighted by Gasteiger charge is 2.39. The van der Waals surface area contributed by atoms with Gasteiger partial charge >= 0.3 is 0 Å². The molecule has 0 aromatic rings. The Kier molecular flexibility index (Phi) is 3.17. The Labute approximate surface area is 92.9 Å². The number of guanidine groups is 1. The maximum Gasteiger partial charge on any atom is 0.193 e. The molecule has 1 N–H and O–H groups in total. The van der Waals surface area contributed by atoms with Crippen LogP contribution >= 0.6 is 0 Å². The first-order valence-electron chi connectivity index (χ1n) is 6.19. The Morgan fingerprint density at radius 3 is 2.53 bits per heavy atom. The molecule has 2 fully saturated rings. The molecule has 3 heteroatoms. The van der Waals surface area contributed by atoms with Crippen LogP contribution in [0.2, 0.25) is 0 Å². The topological polar surface area (TPSA) is 27.6 Å². The Bertz CT molecular complexity index is 241. The Morgan fingerprint density at radius 1 is 1.20 bits per heavy atom. The largest absolute Gasteiger partial charge is 0.359 e. The molecular weight excluding hydrogens is 186 g/mol. The molecule has 2 rings (SSSR count). The smallest absolute Gasteiger partial charge is 0.193 e. The third-order valence-corrected chi connectivity index (χ3v) is 4.09. The predicted octanol–water partition coefficient (Wildman–Crippen LogP) is 1.85. The van der Waals surface area contributed by atoms with Crippen molar-refractivity contribution in [2.45, 2.75) is 38.5 Å². The van der Waals surface area contributed by atoms with Crippen molar-refractivity contribution in [3.05, 3.63) is 0 Å². The van der Waals surface area contributed by atoms with E-state index in [0.29, 0.717) is 5.41 Å².